The predicted octanol–water partition coefficient (Wildman–Crippen LogP) is 3.88. The zero-order valence-electron chi connectivity index (χ0n) is 12.3. The van der Waals surface area contributed by atoms with Crippen molar-refractivity contribution in [2.24, 2.45) is 11.8 Å². The number of hydrogen-bond acceptors (Lipinski definition) is 3. The standard InChI is InChI=1S/C16H28O2S/c1-3-8-18-12-5-7-14-13-6-4-11(17-2)9-15(13)19-16(14)10-12/h11-16H,3-10H2,1-2H3. The van der Waals surface area contributed by atoms with E-state index < -0.39 is 0 Å². The highest BCUT2D eigenvalue weighted by Gasteiger charge is 2.48. The maximum absolute atomic E-state index is 6.00. The number of ether oxygens (including phenoxy) is 2. The van der Waals surface area contributed by atoms with Crippen LogP contribution in [-0.4, -0.2) is 36.4 Å². The van der Waals surface area contributed by atoms with E-state index in [0.717, 1.165) is 35.4 Å². The predicted molar refractivity (Wildman–Crippen MR) is 80.7 cm³/mol. The Hall–Kier alpha value is 0.270. The molecule has 0 aromatic heterocycles. The lowest BCUT2D eigenvalue weighted by atomic mass is 9.72. The fourth-order valence-electron chi connectivity index (χ4n) is 4.40. The van der Waals surface area contributed by atoms with Crippen molar-refractivity contribution in [3.8, 4) is 0 Å². The molecule has 0 aromatic rings. The van der Waals surface area contributed by atoms with Gasteiger partial charge in [-0.1, -0.05) is 6.92 Å². The second kappa shape index (κ2) is 6.36. The van der Waals surface area contributed by atoms with Gasteiger partial charge in [-0.15, -0.1) is 0 Å². The van der Waals surface area contributed by atoms with Gasteiger partial charge in [0, 0.05) is 24.2 Å². The first-order chi connectivity index (χ1) is 9.31. The largest absolute Gasteiger partial charge is 0.381 e. The Labute approximate surface area is 122 Å². The molecule has 3 aliphatic rings. The third kappa shape index (κ3) is 2.98. The third-order valence-corrected chi connectivity index (χ3v) is 7.16. The van der Waals surface area contributed by atoms with Crippen molar-refractivity contribution < 1.29 is 9.47 Å². The van der Waals surface area contributed by atoms with E-state index in [1.165, 1.54) is 38.5 Å². The number of hydrogen-bond donors (Lipinski definition) is 0. The summed E-state index contributed by atoms with van der Waals surface area (Å²) in [4.78, 5) is 0. The minimum atomic E-state index is 0.529. The molecule has 6 unspecified atom stereocenters. The summed E-state index contributed by atoms with van der Waals surface area (Å²) in [7, 11) is 1.88. The lowest BCUT2D eigenvalue weighted by Gasteiger charge is -2.36. The first-order valence-electron chi connectivity index (χ1n) is 8.11. The van der Waals surface area contributed by atoms with Gasteiger partial charge in [0.2, 0.25) is 0 Å². The second-order valence-electron chi connectivity index (χ2n) is 6.52. The van der Waals surface area contributed by atoms with E-state index in [-0.39, 0.29) is 0 Å². The number of methoxy groups -OCH3 is 1. The molecule has 19 heavy (non-hydrogen) atoms. The molecule has 0 N–H and O–H groups in total. The molecular weight excluding hydrogens is 256 g/mol. The average molecular weight is 284 g/mol. The summed E-state index contributed by atoms with van der Waals surface area (Å²) in [5.41, 5.74) is 0. The van der Waals surface area contributed by atoms with Crippen LogP contribution >= 0.6 is 11.8 Å². The summed E-state index contributed by atoms with van der Waals surface area (Å²) in [5, 5.41) is 1.75. The van der Waals surface area contributed by atoms with E-state index in [1.54, 1.807) is 0 Å². The van der Waals surface area contributed by atoms with Gasteiger partial charge in [-0.2, -0.15) is 11.8 Å². The fraction of sp³-hybridized carbons (Fsp3) is 1.00. The Balaban J connectivity index is 1.57. The van der Waals surface area contributed by atoms with E-state index in [9.17, 15) is 0 Å². The Morgan fingerprint density at radius 2 is 1.58 bits per heavy atom. The van der Waals surface area contributed by atoms with Crippen molar-refractivity contribution in [2.45, 2.75) is 74.6 Å². The van der Waals surface area contributed by atoms with Crippen LogP contribution in [0.5, 0.6) is 0 Å². The molecule has 110 valence electrons. The maximum Gasteiger partial charge on any atom is 0.0585 e. The summed E-state index contributed by atoms with van der Waals surface area (Å²) in [5.74, 6) is 1.96. The van der Waals surface area contributed by atoms with E-state index >= 15 is 0 Å². The van der Waals surface area contributed by atoms with Gasteiger partial charge in [-0.3, -0.25) is 0 Å². The summed E-state index contributed by atoms with van der Waals surface area (Å²) in [6, 6.07) is 0. The van der Waals surface area contributed by atoms with Gasteiger partial charge in [0.15, 0.2) is 0 Å². The molecule has 2 nitrogen and oxygen atoms in total. The van der Waals surface area contributed by atoms with Crippen LogP contribution in [0, 0.1) is 11.8 Å². The minimum absolute atomic E-state index is 0.529. The molecule has 2 aliphatic carbocycles. The third-order valence-electron chi connectivity index (χ3n) is 5.38. The Kier molecular flexibility index (Phi) is 4.76. The van der Waals surface area contributed by atoms with E-state index in [4.69, 9.17) is 9.47 Å². The van der Waals surface area contributed by atoms with Crippen LogP contribution in [0.1, 0.15) is 51.9 Å². The Morgan fingerprint density at radius 3 is 2.21 bits per heavy atom. The van der Waals surface area contributed by atoms with Crippen molar-refractivity contribution in [1.82, 2.24) is 0 Å². The van der Waals surface area contributed by atoms with Crippen molar-refractivity contribution in [1.29, 1.82) is 0 Å². The molecule has 2 saturated carbocycles. The van der Waals surface area contributed by atoms with E-state index in [0.29, 0.717) is 12.2 Å². The summed E-state index contributed by atoms with van der Waals surface area (Å²) < 4.78 is 11.6. The van der Waals surface area contributed by atoms with E-state index in [1.807, 2.05) is 7.11 Å². The van der Waals surface area contributed by atoms with Crippen LogP contribution in [0.3, 0.4) is 0 Å². The molecule has 0 spiro atoms. The quantitative estimate of drug-likeness (QED) is 0.780. The van der Waals surface area contributed by atoms with Gasteiger partial charge in [0.1, 0.15) is 0 Å². The van der Waals surface area contributed by atoms with Crippen molar-refractivity contribution in [2.75, 3.05) is 13.7 Å². The molecule has 3 fully saturated rings. The van der Waals surface area contributed by atoms with Gasteiger partial charge < -0.3 is 9.47 Å². The van der Waals surface area contributed by atoms with Gasteiger partial charge in [0.05, 0.1) is 12.2 Å². The monoisotopic (exact) mass is 284 g/mol. The average Bonchev–Trinajstić information content (AvgIpc) is 2.81. The van der Waals surface area contributed by atoms with Crippen LogP contribution in [0.2, 0.25) is 0 Å². The van der Waals surface area contributed by atoms with Gasteiger partial charge in [0.25, 0.3) is 0 Å². The molecule has 0 aromatic carbocycles. The highest BCUT2D eigenvalue weighted by molar-refractivity contribution is 8.00. The van der Waals surface area contributed by atoms with Crippen molar-refractivity contribution in [3.05, 3.63) is 0 Å². The fourth-order valence-corrected chi connectivity index (χ4v) is 6.58. The first kappa shape index (κ1) is 14.2. The lowest BCUT2D eigenvalue weighted by Crippen LogP contribution is -2.35. The maximum atomic E-state index is 6.00. The lowest BCUT2D eigenvalue weighted by molar-refractivity contribution is 0.00877. The van der Waals surface area contributed by atoms with Crippen LogP contribution in [0.4, 0.5) is 0 Å². The first-order valence-corrected chi connectivity index (χ1v) is 9.06. The zero-order valence-corrected chi connectivity index (χ0v) is 13.2. The zero-order chi connectivity index (χ0) is 13.2. The molecule has 1 aliphatic heterocycles. The summed E-state index contributed by atoms with van der Waals surface area (Å²) in [6.45, 7) is 3.15. The van der Waals surface area contributed by atoms with Crippen LogP contribution in [0.25, 0.3) is 0 Å². The van der Waals surface area contributed by atoms with Gasteiger partial charge >= 0.3 is 0 Å². The Bertz CT molecular complexity index is 296. The molecule has 3 heteroatoms. The molecule has 0 amide bonds. The highest BCUT2D eigenvalue weighted by atomic mass is 32.2. The molecular formula is C16H28O2S. The molecule has 3 rings (SSSR count). The van der Waals surface area contributed by atoms with Gasteiger partial charge in [-0.05, 0) is 56.8 Å². The number of thioether (sulfide) groups is 1. The summed E-state index contributed by atoms with van der Waals surface area (Å²) >= 11 is 2.27. The molecule has 0 radical (unpaired) electrons. The van der Waals surface area contributed by atoms with E-state index in [2.05, 4.69) is 18.7 Å². The van der Waals surface area contributed by atoms with Crippen LogP contribution < -0.4 is 0 Å². The second-order valence-corrected chi connectivity index (χ2v) is 8.00. The van der Waals surface area contributed by atoms with Crippen LogP contribution in [0.15, 0.2) is 0 Å². The topological polar surface area (TPSA) is 18.5 Å². The van der Waals surface area contributed by atoms with Crippen LogP contribution in [-0.2, 0) is 9.47 Å². The normalized spacial score (nSPS) is 45.8. The molecule has 6 atom stereocenters. The SMILES string of the molecule is CCCOC1CCC2C(C1)SC1CC(OC)CCC12. The molecule has 1 heterocycles. The summed E-state index contributed by atoms with van der Waals surface area (Å²) in [6.07, 6.45) is 10.2. The number of fused-ring (bicyclic) bond motifs is 3. The smallest absolute Gasteiger partial charge is 0.0585 e. The number of rotatable bonds is 4. The molecule has 1 saturated heterocycles. The van der Waals surface area contributed by atoms with Crippen molar-refractivity contribution in [3.63, 3.8) is 0 Å². The minimum Gasteiger partial charge on any atom is -0.381 e. The van der Waals surface area contributed by atoms with Gasteiger partial charge in [-0.25, -0.2) is 0 Å². The molecule has 0 bridgehead atoms. The Morgan fingerprint density at radius 1 is 0.947 bits per heavy atom. The highest BCUT2D eigenvalue weighted by Crippen LogP contribution is 2.55. The van der Waals surface area contributed by atoms with Crippen molar-refractivity contribution >= 4 is 11.8 Å².